The highest BCUT2D eigenvalue weighted by Crippen LogP contribution is 2.31. The van der Waals surface area contributed by atoms with Gasteiger partial charge in [-0.15, -0.1) is 0 Å². The Morgan fingerprint density at radius 1 is 1.12 bits per heavy atom. The first kappa shape index (κ1) is 22.4. The third-order valence-electron chi connectivity index (χ3n) is 5.02. The second-order valence-electron chi connectivity index (χ2n) is 7.42. The zero-order valence-electron chi connectivity index (χ0n) is 17.4. The van der Waals surface area contributed by atoms with E-state index >= 15 is 0 Å². The smallest absolute Gasteiger partial charge is 0.346 e. The van der Waals surface area contributed by atoms with Gasteiger partial charge in [0.1, 0.15) is 11.6 Å². The number of pyridine rings is 1. The molecule has 1 amide bonds. The molecule has 0 spiro atoms. The summed E-state index contributed by atoms with van der Waals surface area (Å²) >= 11 is 0. The van der Waals surface area contributed by atoms with E-state index in [0.29, 0.717) is 19.3 Å². The van der Waals surface area contributed by atoms with E-state index in [9.17, 15) is 22.4 Å². The summed E-state index contributed by atoms with van der Waals surface area (Å²) in [6.07, 6.45) is -0.575. The highest BCUT2D eigenvalue weighted by molar-refractivity contribution is 5.95. The molecule has 0 fully saturated rings. The number of aromatic nitrogens is 5. The molecule has 0 saturated heterocycles. The molecule has 1 aromatic carbocycles. The summed E-state index contributed by atoms with van der Waals surface area (Å²) in [5.41, 5.74) is -0.182. The fraction of sp³-hybridized carbons (Fsp3) is 0.273. The Bertz CT molecular complexity index is 1230. The molecular formula is C22H20F4N6O. The van der Waals surface area contributed by atoms with Crippen molar-refractivity contribution in [3.05, 3.63) is 77.4 Å². The number of aromatic amines is 1. The molecule has 4 aromatic rings. The van der Waals surface area contributed by atoms with Gasteiger partial charge in [0.05, 0.1) is 28.8 Å². The molecule has 0 radical (unpaired) electrons. The zero-order chi connectivity index (χ0) is 23.4. The molecule has 3 aromatic heterocycles. The summed E-state index contributed by atoms with van der Waals surface area (Å²) < 4.78 is 55.0. The Labute approximate surface area is 185 Å². The fourth-order valence-electron chi connectivity index (χ4n) is 3.41. The summed E-state index contributed by atoms with van der Waals surface area (Å²) in [5, 5.41) is 5.85. The molecule has 172 valence electrons. The number of benzene rings is 1. The Morgan fingerprint density at radius 2 is 1.94 bits per heavy atom. The van der Waals surface area contributed by atoms with Crippen LogP contribution in [0.15, 0.2) is 48.8 Å². The van der Waals surface area contributed by atoms with Gasteiger partial charge in [0.15, 0.2) is 5.69 Å². The molecule has 33 heavy (non-hydrogen) atoms. The Hall–Kier alpha value is -3.76. The van der Waals surface area contributed by atoms with Crippen molar-refractivity contribution in [3.8, 4) is 0 Å². The molecule has 4 rings (SSSR count). The molecule has 0 aliphatic rings. The first-order chi connectivity index (χ1) is 15.8. The van der Waals surface area contributed by atoms with Crippen LogP contribution < -0.4 is 5.32 Å². The Kier molecular flexibility index (Phi) is 6.38. The summed E-state index contributed by atoms with van der Waals surface area (Å²) in [7, 11) is 0. The molecule has 2 N–H and O–H groups in total. The third kappa shape index (κ3) is 5.36. The SMILES string of the molecule is O=C(NCc1ncccc1F)c1cn(CCCCc2nc3ccccc3[nH]2)nc1C(F)(F)F. The van der Waals surface area contributed by atoms with E-state index in [2.05, 4.69) is 25.4 Å². The number of amides is 1. The molecule has 0 unspecified atom stereocenters. The van der Waals surface area contributed by atoms with Crippen LogP contribution in [0.2, 0.25) is 0 Å². The summed E-state index contributed by atoms with van der Waals surface area (Å²) in [6, 6.07) is 10.1. The number of rotatable bonds is 8. The molecule has 0 aliphatic carbocycles. The van der Waals surface area contributed by atoms with Crippen molar-refractivity contribution in [2.24, 2.45) is 0 Å². The maximum Gasteiger partial charge on any atom is 0.435 e. The van der Waals surface area contributed by atoms with E-state index in [1.165, 1.54) is 12.3 Å². The van der Waals surface area contributed by atoms with Crippen molar-refractivity contribution in [2.45, 2.75) is 38.5 Å². The molecular weight excluding hydrogens is 440 g/mol. The number of fused-ring (bicyclic) bond motifs is 1. The van der Waals surface area contributed by atoms with Gasteiger partial charge in [-0.2, -0.15) is 18.3 Å². The Balaban J connectivity index is 1.38. The van der Waals surface area contributed by atoms with Crippen LogP contribution in [0.4, 0.5) is 17.6 Å². The van der Waals surface area contributed by atoms with Crippen molar-refractivity contribution in [1.82, 2.24) is 30.0 Å². The molecule has 7 nitrogen and oxygen atoms in total. The number of para-hydroxylation sites is 2. The lowest BCUT2D eigenvalue weighted by molar-refractivity contribution is -0.141. The number of unbranched alkanes of at least 4 members (excludes halogenated alkanes) is 1. The number of alkyl halides is 3. The Morgan fingerprint density at radius 3 is 2.70 bits per heavy atom. The zero-order valence-corrected chi connectivity index (χ0v) is 17.4. The maximum atomic E-state index is 13.7. The number of carbonyl (C=O) groups excluding carboxylic acids is 1. The van der Waals surface area contributed by atoms with Crippen LogP contribution in [0.3, 0.4) is 0 Å². The third-order valence-corrected chi connectivity index (χ3v) is 5.02. The lowest BCUT2D eigenvalue weighted by Crippen LogP contribution is -2.26. The average Bonchev–Trinajstić information content (AvgIpc) is 3.40. The molecule has 0 saturated carbocycles. The first-order valence-corrected chi connectivity index (χ1v) is 10.3. The van der Waals surface area contributed by atoms with Crippen LogP contribution in [0.5, 0.6) is 0 Å². The van der Waals surface area contributed by atoms with Crippen LogP contribution >= 0.6 is 0 Å². The topological polar surface area (TPSA) is 88.5 Å². The van der Waals surface area contributed by atoms with Gasteiger partial charge in [-0.3, -0.25) is 14.5 Å². The minimum atomic E-state index is -4.80. The molecule has 0 aliphatic heterocycles. The van der Waals surface area contributed by atoms with E-state index in [4.69, 9.17) is 0 Å². The molecule has 11 heteroatoms. The number of imidazole rings is 1. The fourth-order valence-corrected chi connectivity index (χ4v) is 3.41. The van der Waals surface area contributed by atoms with Crippen LogP contribution in [0.1, 0.15) is 40.4 Å². The molecule has 0 atom stereocenters. The van der Waals surface area contributed by atoms with Crippen molar-refractivity contribution < 1.29 is 22.4 Å². The number of halogens is 4. The lowest BCUT2D eigenvalue weighted by atomic mass is 10.2. The van der Waals surface area contributed by atoms with E-state index < -0.39 is 29.2 Å². The van der Waals surface area contributed by atoms with Crippen molar-refractivity contribution in [3.63, 3.8) is 0 Å². The molecule has 3 heterocycles. The minimum absolute atomic E-state index is 0.0719. The molecule has 0 bridgehead atoms. The van der Waals surface area contributed by atoms with Crippen LogP contribution in [0, 0.1) is 5.82 Å². The lowest BCUT2D eigenvalue weighted by Gasteiger charge is -2.07. The predicted octanol–water partition coefficient (Wildman–Crippen LogP) is 4.27. The van der Waals surface area contributed by atoms with Gasteiger partial charge >= 0.3 is 6.18 Å². The van der Waals surface area contributed by atoms with Gasteiger partial charge in [-0.1, -0.05) is 12.1 Å². The van der Waals surface area contributed by atoms with E-state index in [0.717, 1.165) is 33.8 Å². The first-order valence-electron chi connectivity index (χ1n) is 10.3. The highest BCUT2D eigenvalue weighted by Gasteiger charge is 2.39. The van der Waals surface area contributed by atoms with Crippen LogP contribution in [0.25, 0.3) is 11.0 Å². The summed E-state index contributed by atoms with van der Waals surface area (Å²) in [5.74, 6) is -0.857. The van der Waals surface area contributed by atoms with Gasteiger partial charge in [-0.25, -0.2) is 9.37 Å². The number of nitrogens with one attached hydrogen (secondary N) is 2. The monoisotopic (exact) mass is 460 g/mol. The number of hydrogen-bond acceptors (Lipinski definition) is 4. The largest absolute Gasteiger partial charge is 0.435 e. The second-order valence-corrected chi connectivity index (χ2v) is 7.42. The van der Waals surface area contributed by atoms with Gasteiger partial charge in [-0.05, 0) is 37.1 Å². The summed E-state index contributed by atoms with van der Waals surface area (Å²) in [6.45, 7) is -0.142. The van der Waals surface area contributed by atoms with Crippen LogP contribution in [-0.2, 0) is 25.7 Å². The number of carbonyl (C=O) groups is 1. The number of aryl methyl sites for hydroxylation is 2. The van der Waals surface area contributed by atoms with Crippen LogP contribution in [-0.4, -0.2) is 30.6 Å². The van der Waals surface area contributed by atoms with E-state index in [1.54, 1.807) is 0 Å². The van der Waals surface area contributed by atoms with E-state index in [1.807, 2.05) is 24.3 Å². The number of H-pyrrole nitrogens is 1. The van der Waals surface area contributed by atoms with Crippen molar-refractivity contribution in [2.75, 3.05) is 0 Å². The number of hydrogen-bond donors (Lipinski definition) is 2. The second kappa shape index (κ2) is 9.39. The number of nitrogens with zero attached hydrogens (tertiary/aromatic N) is 4. The van der Waals surface area contributed by atoms with Gasteiger partial charge < -0.3 is 10.3 Å². The average molecular weight is 460 g/mol. The van der Waals surface area contributed by atoms with Gasteiger partial charge in [0.2, 0.25) is 0 Å². The normalized spacial score (nSPS) is 11.8. The van der Waals surface area contributed by atoms with Crippen molar-refractivity contribution in [1.29, 1.82) is 0 Å². The highest BCUT2D eigenvalue weighted by atomic mass is 19.4. The summed E-state index contributed by atoms with van der Waals surface area (Å²) in [4.78, 5) is 23.8. The minimum Gasteiger partial charge on any atom is -0.346 e. The van der Waals surface area contributed by atoms with Gasteiger partial charge in [0, 0.05) is 25.4 Å². The van der Waals surface area contributed by atoms with E-state index in [-0.39, 0.29) is 18.8 Å². The predicted molar refractivity (Wildman–Crippen MR) is 112 cm³/mol. The van der Waals surface area contributed by atoms with Crippen molar-refractivity contribution >= 4 is 16.9 Å². The maximum absolute atomic E-state index is 13.7. The quantitative estimate of drug-likeness (QED) is 0.304. The standard InChI is InChI=1S/C22H20F4N6O/c23-15-6-5-10-27-18(15)12-28-21(33)14-13-32(31-20(14)22(24,25)26)11-4-3-9-19-29-16-7-1-2-8-17(16)30-19/h1-2,5-8,10,13H,3-4,9,11-12H2,(H,28,33)(H,29,30). The van der Waals surface area contributed by atoms with Gasteiger partial charge in [0.25, 0.3) is 5.91 Å².